The van der Waals surface area contributed by atoms with Crippen LogP contribution in [-0.4, -0.2) is 17.5 Å². The van der Waals surface area contributed by atoms with Gasteiger partial charge in [-0.15, -0.1) is 0 Å². The lowest BCUT2D eigenvalue weighted by Gasteiger charge is -2.10. The van der Waals surface area contributed by atoms with Crippen molar-refractivity contribution < 1.29 is 14.4 Å². The Morgan fingerprint density at radius 3 is 1.78 bits per heavy atom. The number of unbranched alkanes of at least 4 members (excludes halogenated alkanes) is 12. The van der Waals surface area contributed by atoms with E-state index >= 15 is 0 Å². The summed E-state index contributed by atoms with van der Waals surface area (Å²) in [6.07, 6.45) is 18.8. The van der Waals surface area contributed by atoms with E-state index in [1.54, 1.807) is 0 Å². The van der Waals surface area contributed by atoms with Gasteiger partial charge in [-0.05, 0) is 6.42 Å². The van der Waals surface area contributed by atoms with Gasteiger partial charge >= 0.3 is 0 Å². The van der Waals surface area contributed by atoms with Crippen molar-refractivity contribution >= 4 is 29.1 Å². The number of carbonyl (C=O) groups excluding carboxylic acids is 3. The van der Waals surface area contributed by atoms with Gasteiger partial charge in [0.2, 0.25) is 11.7 Å². The van der Waals surface area contributed by atoms with Crippen LogP contribution in [0.1, 0.15) is 96.8 Å². The summed E-state index contributed by atoms with van der Waals surface area (Å²) in [5, 5.41) is 2.40. The van der Waals surface area contributed by atoms with Crippen molar-refractivity contribution in [2.45, 2.75) is 96.8 Å². The SMILES string of the molecule is CCCCCCCCCCCCCCCC(=O)NC1=CC(=O)C(Cl)=CC1=O. The number of halogens is 1. The Kier molecular flexibility index (Phi) is 12.8. The summed E-state index contributed by atoms with van der Waals surface area (Å²) in [7, 11) is 0. The number of allylic oxidation sites excluding steroid dienone is 3. The van der Waals surface area contributed by atoms with Crippen molar-refractivity contribution in [3.63, 3.8) is 0 Å². The second-order valence-electron chi connectivity index (χ2n) is 7.32. The molecule has 1 aliphatic carbocycles. The molecular formula is C22H34ClNO3. The van der Waals surface area contributed by atoms with Crippen molar-refractivity contribution in [1.82, 2.24) is 5.32 Å². The van der Waals surface area contributed by atoms with Gasteiger partial charge < -0.3 is 5.32 Å². The molecule has 0 aromatic carbocycles. The molecule has 0 bridgehead atoms. The number of hydrogen-bond acceptors (Lipinski definition) is 3. The summed E-state index contributed by atoms with van der Waals surface area (Å²) < 4.78 is 0. The lowest BCUT2D eigenvalue weighted by Crippen LogP contribution is -2.29. The molecule has 4 nitrogen and oxygen atoms in total. The number of amides is 1. The van der Waals surface area contributed by atoms with E-state index < -0.39 is 11.6 Å². The molecule has 0 aromatic heterocycles. The predicted octanol–water partition coefficient (Wildman–Crippen LogP) is 5.74. The highest BCUT2D eigenvalue weighted by atomic mass is 35.5. The number of carbonyl (C=O) groups is 3. The van der Waals surface area contributed by atoms with Crippen LogP contribution in [0.3, 0.4) is 0 Å². The van der Waals surface area contributed by atoms with E-state index in [1.807, 2.05) is 0 Å². The van der Waals surface area contributed by atoms with Crippen molar-refractivity contribution in [3.05, 3.63) is 22.9 Å². The maximum absolute atomic E-state index is 11.9. The molecule has 0 unspecified atom stereocenters. The fourth-order valence-corrected chi connectivity index (χ4v) is 3.30. The lowest BCUT2D eigenvalue weighted by atomic mass is 10.0. The van der Waals surface area contributed by atoms with Crippen LogP contribution in [-0.2, 0) is 14.4 Å². The quantitative estimate of drug-likeness (QED) is 0.284. The molecular weight excluding hydrogens is 362 g/mol. The van der Waals surface area contributed by atoms with E-state index in [0.29, 0.717) is 6.42 Å². The molecule has 0 atom stereocenters. The maximum atomic E-state index is 11.9. The van der Waals surface area contributed by atoms with Crippen molar-refractivity contribution in [2.24, 2.45) is 0 Å². The normalized spacial score (nSPS) is 14.1. The van der Waals surface area contributed by atoms with Gasteiger partial charge in [0.15, 0.2) is 5.78 Å². The summed E-state index contributed by atoms with van der Waals surface area (Å²) in [5.41, 5.74) is 0.0177. The molecule has 0 spiro atoms. The van der Waals surface area contributed by atoms with Gasteiger partial charge in [-0.1, -0.05) is 95.6 Å². The van der Waals surface area contributed by atoms with Crippen LogP contribution in [0.15, 0.2) is 22.9 Å². The summed E-state index contributed by atoms with van der Waals surface area (Å²) in [4.78, 5) is 35.0. The Hall–Kier alpha value is -1.42. The van der Waals surface area contributed by atoms with Gasteiger partial charge in [0.25, 0.3) is 0 Å². The molecule has 5 heteroatoms. The van der Waals surface area contributed by atoms with E-state index in [9.17, 15) is 14.4 Å². The molecule has 1 rings (SSSR count). The van der Waals surface area contributed by atoms with Gasteiger partial charge in [0.1, 0.15) is 0 Å². The molecule has 0 fully saturated rings. The number of hydrogen-bond donors (Lipinski definition) is 1. The Morgan fingerprint density at radius 1 is 0.778 bits per heavy atom. The van der Waals surface area contributed by atoms with Crippen LogP contribution in [0.2, 0.25) is 0 Å². The number of ketones is 2. The van der Waals surface area contributed by atoms with Gasteiger partial charge in [-0.25, -0.2) is 0 Å². The van der Waals surface area contributed by atoms with Crippen LogP contribution < -0.4 is 5.32 Å². The highest BCUT2D eigenvalue weighted by Gasteiger charge is 2.20. The van der Waals surface area contributed by atoms with E-state index in [1.165, 1.54) is 64.2 Å². The minimum Gasteiger partial charge on any atom is -0.323 e. The van der Waals surface area contributed by atoms with Crippen molar-refractivity contribution in [1.29, 1.82) is 0 Å². The number of nitrogens with one attached hydrogen (secondary N) is 1. The molecule has 0 radical (unpaired) electrons. The molecule has 0 aliphatic heterocycles. The lowest BCUT2D eigenvalue weighted by molar-refractivity contribution is -0.122. The predicted molar refractivity (Wildman–Crippen MR) is 110 cm³/mol. The fourth-order valence-electron chi connectivity index (χ4n) is 3.15. The average molecular weight is 396 g/mol. The molecule has 152 valence electrons. The smallest absolute Gasteiger partial charge is 0.224 e. The highest BCUT2D eigenvalue weighted by molar-refractivity contribution is 6.47. The van der Waals surface area contributed by atoms with Crippen LogP contribution in [0, 0.1) is 0 Å². The molecule has 0 aromatic rings. The summed E-state index contributed by atoms with van der Waals surface area (Å²) >= 11 is 5.59. The third-order valence-electron chi connectivity index (χ3n) is 4.82. The van der Waals surface area contributed by atoms with Gasteiger partial charge in [-0.3, -0.25) is 14.4 Å². The average Bonchev–Trinajstić information content (AvgIpc) is 2.63. The summed E-state index contributed by atoms with van der Waals surface area (Å²) in [5.74, 6) is -1.11. The highest BCUT2D eigenvalue weighted by Crippen LogP contribution is 2.15. The van der Waals surface area contributed by atoms with Gasteiger partial charge in [-0.2, -0.15) is 0 Å². The Balaban J connectivity index is 1.95. The van der Waals surface area contributed by atoms with Crippen LogP contribution in [0.25, 0.3) is 0 Å². The van der Waals surface area contributed by atoms with Crippen LogP contribution >= 0.6 is 11.6 Å². The summed E-state index contributed by atoms with van der Waals surface area (Å²) in [6.45, 7) is 2.25. The minimum absolute atomic E-state index is 0.0177. The maximum Gasteiger partial charge on any atom is 0.224 e. The zero-order valence-corrected chi connectivity index (χ0v) is 17.4. The first kappa shape index (κ1) is 23.6. The molecule has 0 heterocycles. The first-order valence-electron chi connectivity index (χ1n) is 10.5. The van der Waals surface area contributed by atoms with E-state index in [2.05, 4.69) is 12.2 Å². The van der Waals surface area contributed by atoms with Crippen molar-refractivity contribution in [3.8, 4) is 0 Å². The summed E-state index contributed by atoms with van der Waals surface area (Å²) in [6, 6.07) is 0. The molecule has 1 amide bonds. The second kappa shape index (κ2) is 14.6. The van der Waals surface area contributed by atoms with E-state index in [0.717, 1.165) is 31.4 Å². The van der Waals surface area contributed by atoms with E-state index in [-0.39, 0.29) is 16.6 Å². The Bertz CT molecular complexity index is 552. The van der Waals surface area contributed by atoms with Gasteiger partial charge in [0.05, 0.1) is 10.7 Å². The molecule has 0 saturated heterocycles. The molecule has 1 aliphatic rings. The van der Waals surface area contributed by atoms with Crippen LogP contribution in [0.5, 0.6) is 0 Å². The topological polar surface area (TPSA) is 63.2 Å². The number of rotatable bonds is 15. The molecule has 1 N–H and O–H groups in total. The van der Waals surface area contributed by atoms with Crippen LogP contribution in [0.4, 0.5) is 0 Å². The first-order chi connectivity index (χ1) is 13.0. The first-order valence-corrected chi connectivity index (χ1v) is 10.9. The fraction of sp³-hybridized carbons (Fsp3) is 0.682. The van der Waals surface area contributed by atoms with Crippen molar-refractivity contribution in [2.75, 3.05) is 0 Å². The second-order valence-corrected chi connectivity index (χ2v) is 7.73. The minimum atomic E-state index is -0.451. The monoisotopic (exact) mass is 395 g/mol. The zero-order valence-electron chi connectivity index (χ0n) is 16.7. The van der Waals surface area contributed by atoms with E-state index in [4.69, 9.17) is 11.6 Å². The van der Waals surface area contributed by atoms with Gasteiger partial charge in [0, 0.05) is 18.6 Å². The Morgan fingerprint density at radius 2 is 1.26 bits per heavy atom. The molecule has 0 saturated carbocycles. The molecule has 27 heavy (non-hydrogen) atoms. The third kappa shape index (κ3) is 11.1. The zero-order chi connectivity index (χ0) is 19.9. The Labute approximate surface area is 168 Å². The largest absolute Gasteiger partial charge is 0.323 e. The standard InChI is InChI=1S/C22H34ClNO3/c1-2-3-4-5-6-7-8-9-10-11-12-13-14-15-22(27)24-19-17-20(25)18(23)16-21(19)26/h16-17H,2-15H2,1H3,(H,24,27). The third-order valence-corrected chi connectivity index (χ3v) is 5.11.